The van der Waals surface area contributed by atoms with Crippen LogP contribution in [0, 0.1) is 39.4 Å². The SMILES string of the molecule is C=C(C)CCC[C@]1(C)OC(=O)C23CCC4C(=CCC5C(C)(C)C(OC6OCC(OS(=O)(=O)[O-])C(O)C6OC6OC(C)C(OC7OC(CO)C(O)C(OC8OC(COS(=O)(=O)[O-])C(O)C(OC)C8O)C7O)C(O)C6OC6OCC(O)C(O)C6O)CCC45C)[C@]2(C)CC(=O)C31. The molecule has 3 saturated carbocycles. The molecule has 10 aliphatic rings. The van der Waals surface area contributed by atoms with Crippen LogP contribution in [0.2, 0.25) is 0 Å². The van der Waals surface area contributed by atoms with Crippen molar-refractivity contribution in [2.75, 3.05) is 33.5 Å². The van der Waals surface area contributed by atoms with E-state index in [-0.39, 0.29) is 30.0 Å². The molecular weight excluding hydrogens is 1280 g/mol. The van der Waals surface area contributed by atoms with E-state index in [0.29, 0.717) is 44.9 Å². The first-order valence-corrected chi connectivity index (χ1v) is 34.1. The van der Waals surface area contributed by atoms with Crippen molar-refractivity contribution in [1.29, 1.82) is 0 Å². The van der Waals surface area contributed by atoms with Gasteiger partial charge < -0.3 is 117 Å². The van der Waals surface area contributed by atoms with Crippen LogP contribution in [-0.2, 0) is 95.6 Å². The van der Waals surface area contributed by atoms with E-state index in [4.69, 9.17) is 61.0 Å². The van der Waals surface area contributed by atoms with Crippen molar-refractivity contribution < 1.29 is 152 Å². The highest BCUT2D eigenvalue weighted by atomic mass is 32.3. The standard InChI is InChI=1S/C59H92O32S2/c1-24(2)11-10-16-58(8)48-28(61)19-57(7)27-12-13-33-55(4,5)34(15-17-56(33,6)26(27)14-18-59(48,57)54(71)90-58)85-52-46(38(66)32(22-80-52)91-93(75,76)77)89-53-47(88-49-39(67)35(63)29(62)21-79-49)40(68)43(25(3)82-53)86-51-42(70)45(36(64)30(20-60)83-51)87-50-41(69)44(78-9)37(65)31(84-50)23-81-92(72,73)74/h12,25-26,29-53,60,62-70H,1,10-11,13-23H2,2-9H3,(H,72,73,74)(H,75,76,77)/p-2/t25?,26?,29?,30?,31?,32?,33?,34?,35?,36?,37?,38?,39?,40?,41?,42?,43?,44?,45?,46?,47?,48?,49?,50?,51?,52?,53?,56?,57-,58-,59?/m0/s1. The highest BCUT2D eigenvalue weighted by Gasteiger charge is 2.79. The van der Waals surface area contributed by atoms with Gasteiger partial charge in [-0.2, -0.15) is 0 Å². The lowest BCUT2D eigenvalue weighted by Gasteiger charge is -2.63. The van der Waals surface area contributed by atoms with Crippen molar-refractivity contribution in [3.63, 3.8) is 0 Å². The second kappa shape index (κ2) is 27.2. The number of rotatable bonds is 21. The summed E-state index contributed by atoms with van der Waals surface area (Å²) in [6, 6.07) is 0. The molecule has 6 aliphatic heterocycles. The lowest BCUT2D eigenvalue weighted by atomic mass is 9.41. The molecule has 31 atom stereocenters. The van der Waals surface area contributed by atoms with Crippen LogP contribution in [0.1, 0.15) is 106 Å². The van der Waals surface area contributed by atoms with Crippen molar-refractivity contribution in [2.45, 2.75) is 259 Å². The summed E-state index contributed by atoms with van der Waals surface area (Å²) >= 11 is 0. The first kappa shape index (κ1) is 73.2. The van der Waals surface area contributed by atoms with Gasteiger partial charge in [-0.05, 0) is 94.8 Å². The predicted octanol–water partition coefficient (Wildman–Crippen LogP) is -2.78. The maximum absolute atomic E-state index is 14.5. The van der Waals surface area contributed by atoms with Crippen molar-refractivity contribution in [1.82, 2.24) is 0 Å². The summed E-state index contributed by atoms with van der Waals surface area (Å²) in [5.41, 5.74) is -1.91. The van der Waals surface area contributed by atoms with E-state index in [9.17, 15) is 86.6 Å². The predicted molar refractivity (Wildman–Crippen MR) is 305 cm³/mol. The van der Waals surface area contributed by atoms with Gasteiger partial charge in [0.05, 0.1) is 50.0 Å². The van der Waals surface area contributed by atoms with E-state index in [1.54, 1.807) is 0 Å². The van der Waals surface area contributed by atoms with Gasteiger partial charge in [-0.15, -0.1) is 6.58 Å². The Morgan fingerprint density at radius 2 is 1.30 bits per heavy atom. The summed E-state index contributed by atoms with van der Waals surface area (Å²) in [6.45, 7) is 14.0. The molecule has 6 heterocycles. The zero-order valence-electron chi connectivity index (χ0n) is 52.8. The molecule has 32 nitrogen and oxygen atoms in total. The third-order valence-electron chi connectivity index (χ3n) is 22.0. The number of Topliss-reactive ketones (excluding diaryl/α,β-unsaturated/α-hetero) is 1. The van der Waals surface area contributed by atoms with Gasteiger partial charge >= 0.3 is 5.97 Å². The maximum atomic E-state index is 14.5. The second-order valence-corrected chi connectivity index (χ2v) is 30.2. The fraction of sp³-hybridized carbons (Fsp3) is 0.898. The van der Waals surface area contributed by atoms with Crippen LogP contribution in [0.4, 0.5) is 0 Å². The van der Waals surface area contributed by atoms with Gasteiger partial charge in [-0.25, -0.2) is 16.8 Å². The molecule has 10 rings (SSSR count). The zero-order chi connectivity index (χ0) is 68.2. The molecule has 0 bridgehead atoms. The van der Waals surface area contributed by atoms with Gasteiger partial charge in [0.15, 0.2) is 31.5 Å². The van der Waals surface area contributed by atoms with Gasteiger partial charge in [0, 0.05) is 18.9 Å². The quantitative estimate of drug-likeness (QED) is 0.0241. The molecule has 0 aromatic rings. The summed E-state index contributed by atoms with van der Waals surface area (Å²) in [4.78, 5) is 28.9. The normalized spacial score (nSPS) is 49.2. The number of ketones is 1. The smallest absolute Gasteiger partial charge is 0.314 e. The summed E-state index contributed by atoms with van der Waals surface area (Å²) in [5, 5.41) is 112. The number of hydrogen-bond donors (Lipinski definition) is 10. The number of aliphatic hydroxyl groups excluding tert-OH is 10. The Labute approximate surface area is 538 Å². The van der Waals surface area contributed by atoms with E-state index in [1.807, 2.05) is 34.6 Å². The van der Waals surface area contributed by atoms with E-state index in [1.165, 1.54) is 6.92 Å². The lowest BCUT2D eigenvalue weighted by molar-refractivity contribution is -0.403. The molecule has 4 aliphatic carbocycles. The topological polar surface area (TPSA) is 480 Å². The van der Waals surface area contributed by atoms with Crippen molar-refractivity contribution >= 4 is 32.6 Å². The fourth-order valence-corrected chi connectivity index (χ4v) is 18.1. The fourth-order valence-electron chi connectivity index (χ4n) is 17.4. The van der Waals surface area contributed by atoms with Crippen LogP contribution in [0.25, 0.3) is 0 Å². The summed E-state index contributed by atoms with van der Waals surface area (Å²) in [5.74, 6) is -1.10. The van der Waals surface area contributed by atoms with Crippen LogP contribution >= 0.6 is 0 Å². The molecule has 1 spiro atoms. The summed E-state index contributed by atoms with van der Waals surface area (Å²) in [7, 11) is -9.86. The minimum absolute atomic E-state index is 0.0189. The number of ether oxygens (including phenoxy) is 12. The molecule has 29 unspecified atom stereocenters. The molecule has 0 aromatic heterocycles. The molecule has 532 valence electrons. The zero-order valence-corrected chi connectivity index (χ0v) is 54.5. The van der Waals surface area contributed by atoms with Gasteiger partial charge in [0.25, 0.3) is 0 Å². The monoisotopic (exact) mass is 1370 g/mol. The van der Waals surface area contributed by atoms with Crippen LogP contribution in [0.5, 0.6) is 0 Å². The molecule has 93 heavy (non-hydrogen) atoms. The lowest BCUT2D eigenvalue weighted by Crippen LogP contribution is -2.68. The van der Waals surface area contributed by atoms with Crippen LogP contribution in [0.3, 0.4) is 0 Å². The number of carbonyl (C=O) groups excluding carboxylic acids is 2. The first-order valence-electron chi connectivity index (χ1n) is 31.4. The van der Waals surface area contributed by atoms with E-state index < -0.39 is 228 Å². The molecule has 34 heteroatoms. The number of fused-ring (bicyclic) bond motifs is 4. The molecule has 0 amide bonds. The van der Waals surface area contributed by atoms with Gasteiger partial charge in [0.1, 0.15) is 115 Å². The Balaban J connectivity index is 0.904. The Bertz CT molecular complexity index is 2970. The summed E-state index contributed by atoms with van der Waals surface area (Å²) in [6.07, 6.45) is -37.6. The average molecular weight is 1380 g/mol. The largest absolute Gasteiger partial charge is 0.726 e. The number of allylic oxidation sites excluding steroid dienone is 3. The third kappa shape index (κ3) is 13.5. The Hall–Kier alpha value is -2.48. The number of cyclic esters (lactones) is 1. The molecule has 6 saturated heterocycles. The molecule has 10 N–H and O–H groups in total. The van der Waals surface area contributed by atoms with Crippen LogP contribution in [0.15, 0.2) is 23.8 Å². The Morgan fingerprint density at radius 1 is 0.688 bits per heavy atom. The van der Waals surface area contributed by atoms with E-state index in [0.717, 1.165) is 24.7 Å². The Morgan fingerprint density at radius 3 is 1.95 bits per heavy atom. The second-order valence-electron chi connectivity index (χ2n) is 28.1. The minimum Gasteiger partial charge on any atom is -0.726 e. The van der Waals surface area contributed by atoms with Gasteiger partial charge in [-0.3, -0.25) is 18.0 Å². The van der Waals surface area contributed by atoms with Crippen LogP contribution < -0.4 is 0 Å². The molecule has 0 aromatic carbocycles. The maximum Gasteiger partial charge on any atom is 0.314 e. The number of esters is 1. The van der Waals surface area contributed by atoms with E-state index >= 15 is 0 Å². The summed E-state index contributed by atoms with van der Waals surface area (Å²) < 4.78 is 151. The number of hydrogen-bond acceptors (Lipinski definition) is 32. The Kier molecular flexibility index (Phi) is 21.4. The van der Waals surface area contributed by atoms with Gasteiger partial charge in [-0.1, -0.05) is 44.9 Å². The highest BCUT2D eigenvalue weighted by Crippen LogP contribution is 2.75. The minimum atomic E-state index is -5.55. The molecule has 9 fully saturated rings. The number of carbonyl (C=O) groups is 2. The molecule has 0 radical (unpaired) electrons. The first-order chi connectivity index (χ1) is 43.4. The van der Waals surface area contributed by atoms with Crippen molar-refractivity contribution in [3.8, 4) is 0 Å². The van der Waals surface area contributed by atoms with Crippen LogP contribution in [-0.4, -0.2) is 275 Å². The number of aliphatic hydroxyl groups is 10. The van der Waals surface area contributed by atoms with E-state index in [2.05, 4.69) is 23.8 Å². The van der Waals surface area contributed by atoms with Crippen molar-refractivity contribution in [2.24, 2.45) is 39.4 Å². The van der Waals surface area contributed by atoms with Crippen molar-refractivity contribution in [3.05, 3.63) is 23.8 Å². The highest BCUT2D eigenvalue weighted by molar-refractivity contribution is 7.81. The average Bonchev–Trinajstić information content (AvgIpc) is 1.52. The third-order valence-corrected chi connectivity index (χ3v) is 22.9. The van der Waals surface area contributed by atoms with Gasteiger partial charge in [0.2, 0.25) is 20.8 Å². The molecular formula is C59H90O32S2-2. The number of methoxy groups -OCH3 is 1.